The summed E-state index contributed by atoms with van der Waals surface area (Å²) < 4.78 is 13.9. The molecule has 3 heterocycles. The minimum atomic E-state index is -0.0944. The van der Waals surface area contributed by atoms with Crippen LogP contribution in [0, 0.1) is 0 Å². The average Bonchev–Trinajstić information content (AvgIpc) is 3.36. The van der Waals surface area contributed by atoms with E-state index in [2.05, 4.69) is 26.8 Å². The van der Waals surface area contributed by atoms with Crippen molar-refractivity contribution in [1.29, 1.82) is 0 Å². The molecule has 4 rings (SSSR count). The Bertz CT molecular complexity index is 846. The Morgan fingerprint density at radius 2 is 2.27 bits per heavy atom. The Kier molecular flexibility index (Phi) is 7.24. The van der Waals surface area contributed by atoms with Crippen molar-refractivity contribution in [2.45, 2.75) is 38.1 Å². The Labute approximate surface area is 181 Å². The van der Waals surface area contributed by atoms with Gasteiger partial charge in [0.15, 0.2) is 0 Å². The van der Waals surface area contributed by atoms with Gasteiger partial charge in [0.2, 0.25) is 0 Å². The fourth-order valence-corrected chi connectivity index (χ4v) is 4.29. The van der Waals surface area contributed by atoms with Crippen molar-refractivity contribution in [2.75, 3.05) is 38.2 Å². The topological polar surface area (TPSA) is 81.5 Å². The number of carbonyl (C=O) groups is 1. The first-order valence-corrected chi connectivity index (χ1v) is 11.9. The molecule has 0 spiro atoms. The summed E-state index contributed by atoms with van der Waals surface area (Å²) in [5.74, 6) is 1.74. The summed E-state index contributed by atoms with van der Waals surface area (Å²) in [5.41, 5.74) is 1.41. The molecule has 1 amide bonds. The molecule has 1 aromatic heterocycles. The zero-order chi connectivity index (χ0) is 20.8. The molecule has 1 aromatic carbocycles. The largest absolute Gasteiger partial charge is 0.494 e. The van der Waals surface area contributed by atoms with Crippen molar-refractivity contribution < 1.29 is 14.3 Å². The van der Waals surface area contributed by atoms with E-state index < -0.39 is 0 Å². The van der Waals surface area contributed by atoms with Crippen molar-refractivity contribution >= 4 is 17.7 Å². The Balaban J connectivity index is 1.51. The summed E-state index contributed by atoms with van der Waals surface area (Å²) in [6.45, 7) is 4.26. The highest BCUT2D eigenvalue weighted by Crippen LogP contribution is 2.19. The van der Waals surface area contributed by atoms with Crippen LogP contribution in [-0.2, 0) is 17.9 Å². The zero-order valence-corrected chi connectivity index (χ0v) is 18.1. The van der Waals surface area contributed by atoms with Gasteiger partial charge in [0.25, 0.3) is 5.91 Å². The van der Waals surface area contributed by atoms with Crippen LogP contribution in [0.4, 0.5) is 0 Å². The molecule has 0 radical (unpaired) electrons. The van der Waals surface area contributed by atoms with E-state index in [-0.39, 0.29) is 18.1 Å². The molecule has 4 bridgehead atoms. The molecule has 0 saturated carbocycles. The number of hydrogen-bond acceptors (Lipinski definition) is 7. The number of carbonyl (C=O) groups excluding carboxylic acids is 1. The van der Waals surface area contributed by atoms with Crippen LogP contribution in [0.5, 0.6) is 5.75 Å². The minimum absolute atomic E-state index is 0.0701. The minimum Gasteiger partial charge on any atom is -0.494 e. The van der Waals surface area contributed by atoms with Crippen LogP contribution in [-0.4, -0.2) is 76.2 Å². The van der Waals surface area contributed by atoms with Gasteiger partial charge in [-0.3, -0.25) is 14.4 Å². The normalized spacial score (nSPS) is 22.9. The molecule has 1 fully saturated rings. The van der Waals surface area contributed by atoms with Gasteiger partial charge >= 0.3 is 0 Å². The maximum atomic E-state index is 12.9. The molecule has 2 aliphatic rings. The number of aryl methyl sites for hydroxylation is 1. The molecule has 0 aliphatic carbocycles. The third kappa shape index (κ3) is 5.53. The number of thioether (sulfide) groups is 1. The van der Waals surface area contributed by atoms with Crippen molar-refractivity contribution in [3.63, 3.8) is 0 Å². The molecular formula is C21H29N5O3S. The van der Waals surface area contributed by atoms with Gasteiger partial charge in [-0.05, 0) is 43.2 Å². The first-order valence-electron chi connectivity index (χ1n) is 10.5. The third-order valence-electron chi connectivity index (χ3n) is 5.41. The van der Waals surface area contributed by atoms with E-state index in [1.807, 2.05) is 40.8 Å². The molecule has 1 saturated heterocycles. The molecule has 162 valence electrons. The lowest BCUT2D eigenvalue weighted by Gasteiger charge is -2.20. The van der Waals surface area contributed by atoms with Gasteiger partial charge in [0.1, 0.15) is 11.4 Å². The van der Waals surface area contributed by atoms with E-state index in [0.717, 1.165) is 50.5 Å². The van der Waals surface area contributed by atoms with Crippen molar-refractivity contribution in [1.82, 2.24) is 25.2 Å². The van der Waals surface area contributed by atoms with Gasteiger partial charge in [-0.2, -0.15) is 11.8 Å². The lowest BCUT2D eigenvalue weighted by Crippen LogP contribution is -2.44. The number of benzene rings is 1. The van der Waals surface area contributed by atoms with Gasteiger partial charge in [-0.1, -0.05) is 11.3 Å². The van der Waals surface area contributed by atoms with Gasteiger partial charge in [-0.15, -0.1) is 5.10 Å². The maximum absolute atomic E-state index is 12.9. The predicted molar refractivity (Wildman–Crippen MR) is 116 cm³/mol. The Morgan fingerprint density at radius 3 is 3.17 bits per heavy atom. The molecule has 9 heteroatoms. The molecule has 2 aromatic rings. The van der Waals surface area contributed by atoms with Crippen LogP contribution >= 0.6 is 11.8 Å². The number of amides is 1. The fourth-order valence-electron chi connectivity index (χ4n) is 3.88. The van der Waals surface area contributed by atoms with E-state index in [1.54, 1.807) is 6.07 Å². The molecule has 0 unspecified atom stereocenters. The van der Waals surface area contributed by atoms with Crippen molar-refractivity contribution in [3.8, 4) is 5.75 Å². The third-order valence-corrected chi connectivity index (χ3v) is 6.11. The van der Waals surface area contributed by atoms with Crippen molar-refractivity contribution in [2.24, 2.45) is 0 Å². The Hall–Kier alpha value is -2.10. The van der Waals surface area contributed by atoms with Crippen LogP contribution in [0.1, 0.15) is 28.9 Å². The summed E-state index contributed by atoms with van der Waals surface area (Å²) in [7, 11) is 0. The van der Waals surface area contributed by atoms with Gasteiger partial charge < -0.3 is 14.8 Å². The number of ether oxygens (including phenoxy) is 2. The molecule has 1 N–H and O–H groups in total. The molecule has 2 aliphatic heterocycles. The summed E-state index contributed by atoms with van der Waals surface area (Å²) in [6, 6.07) is 7.28. The van der Waals surface area contributed by atoms with Crippen LogP contribution in [0.3, 0.4) is 0 Å². The van der Waals surface area contributed by atoms with E-state index in [4.69, 9.17) is 9.47 Å². The zero-order valence-electron chi connectivity index (χ0n) is 17.3. The second-order valence-corrected chi connectivity index (χ2v) is 8.72. The van der Waals surface area contributed by atoms with Crippen LogP contribution < -0.4 is 10.1 Å². The van der Waals surface area contributed by atoms with Crippen LogP contribution in [0.2, 0.25) is 0 Å². The highest BCUT2D eigenvalue weighted by atomic mass is 32.2. The van der Waals surface area contributed by atoms with E-state index in [0.29, 0.717) is 24.5 Å². The highest BCUT2D eigenvalue weighted by molar-refractivity contribution is 7.98. The maximum Gasteiger partial charge on any atom is 0.251 e. The van der Waals surface area contributed by atoms with E-state index >= 15 is 0 Å². The summed E-state index contributed by atoms with van der Waals surface area (Å²) in [4.78, 5) is 15.3. The number of rotatable bonds is 4. The SMILES string of the molecule is CSCCCN1C[C@@H]2NC(=O)c3cccc(c3)OCCCn3cc(nn3)CO[C@H]2C1. The summed E-state index contributed by atoms with van der Waals surface area (Å²) in [6.07, 6.45) is 5.89. The van der Waals surface area contributed by atoms with Gasteiger partial charge in [-0.25, -0.2) is 0 Å². The molecule has 30 heavy (non-hydrogen) atoms. The number of likely N-dealkylation sites (tertiary alicyclic amines) is 1. The fraction of sp³-hybridized carbons (Fsp3) is 0.571. The summed E-state index contributed by atoms with van der Waals surface area (Å²) in [5, 5.41) is 11.6. The number of nitrogens with one attached hydrogen (secondary N) is 1. The van der Waals surface area contributed by atoms with E-state index in [1.165, 1.54) is 0 Å². The second-order valence-electron chi connectivity index (χ2n) is 7.74. The highest BCUT2D eigenvalue weighted by Gasteiger charge is 2.34. The monoisotopic (exact) mass is 431 g/mol. The number of aromatic nitrogens is 3. The summed E-state index contributed by atoms with van der Waals surface area (Å²) >= 11 is 1.86. The number of fused-ring (bicyclic) bond motifs is 5. The van der Waals surface area contributed by atoms with E-state index in [9.17, 15) is 4.79 Å². The first-order chi connectivity index (χ1) is 14.7. The Morgan fingerprint density at radius 1 is 1.33 bits per heavy atom. The molecule has 8 nitrogen and oxygen atoms in total. The van der Waals surface area contributed by atoms with Gasteiger partial charge in [0.05, 0.1) is 31.6 Å². The van der Waals surface area contributed by atoms with Gasteiger partial charge in [0, 0.05) is 31.6 Å². The first kappa shape index (κ1) is 21.1. The van der Waals surface area contributed by atoms with Crippen LogP contribution in [0.25, 0.3) is 0 Å². The average molecular weight is 432 g/mol. The lowest BCUT2D eigenvalue weighted by molar-refractivity contribution is 0.0297. The lowest BCUT2D eigenvalue weighted by atomic mass is 10.1. The van der Waals surface area contributed by atoms with Crippen molar-refractivity contribution in [3.05, 3.63) is 41.7 Å². The second kappa shape index (κ2) is 10.3. The number of hydrogen-bond donors (Lipinski definition) is 1. The standard InChI is InChI=1S/C21H29N5O3S/c1-30-10-4-7-25-13-19-20(14-25)29-15-17-12-26(24-23-17)8-3-9-28-18-6-2-5-16(11-18)21(27)22-19/h2,5-6,11-12,19-20H,3-4,7-10,13-15H2,1H3,(H,22,27)/t19-,20-/m0/s1. The molecule has 2 atom stereocenters. The molecular weight excluding hydrogens is 402 g/mol. The quantitative estimate of drug-likeness (QED) is 0.740. The number of nitrogens with zero attached hydrogens (tertiary/aromatic N) is 4. The predicted octanol–water partition coefficient (Wildman–Crippen LogP) is 1.81. The smallest absolute Gasteiger partial charge is 0.251 e. The van der Waals surface area contributed by atoms with Crippen LogP contribution in [0.15, 0.2) is 30.5 Å².